The Balaban J connectivity index is 2.46. The number of hydrogen-bond donors (Lipinski definition) is 2. The lowest BCUT2D eigenvalue weighted by Crippen LogP contribution is -2.22. The molecule has 1 rings (SSSR count). The number of carbonyl (C=O) groups excluding carboxylic acids is 2. The standard InChI is InChI=1S/C26H40N2O4/c1-7-25(29)27-13-9-11-15-31-17-23-19(3)21(5)24(22(6)20(23)4)18-32-16-12-10-14-28-26(30)8-2/h7-8H,1-2,9-18H2,3-6H3,(H,27,29)(H,28,30). The van der Waals surface area contributed by atoms with Crippen molar-refractivity contribution in [3.63, 3.8) is 0 Å². The molecule has 0 heterocycles. The van der Waals surface area contributed by atoms with Crippen molar-refractivity contribution in [3.05, 3.63) is 58.7 Å². The fraction of sp³-hybridized carbons (Fsp3) is 0.538. The average Bonchev–Trinajstić information content (AvgIpc) is 2.79. The molecule has 0 unspecified atom stereocenters. The zero-order valence-electron chi connectivity index (χ0n) is 20.3. The van der Waals surface area contributed by atoms with Crippen molar-refractivity contribution in [3.8, 4) is 0 Å². The van der Waals surface area contributed by atoms with Gasteiger partial charge in [-0.15, -0.1) is 0 Å². The number of carbonyl (C=O) groups is 2. The molecular formula is C26H40N2O4. The van der Waals surface area contributed by atoms with E-state index in [0.29, 0.717) is 39.5 Å². The fourth-order valence-corrected chi connectivity index (χ4v) is 3.48. The zero-order valence-corrected chi connectivity index (χ0v) is 20.3. The SMILES string of the molecule is C=CC(=O)NCCCCOCc1c(C)c(C)c(COCCCCNC(=O)C=C)c(C)c1C. The number of amides is 2. The van der Waals surface area contributed by atoms with Gasteiger partial charge in [0.1, 0.15) is 0 Å². The second-order valence-electron chi connectivity index (χ2n) is 7.97. The van der Waals surface area contributed by atoms with E-state index in [-0.39, 0.29) is 11.8 Å². The van der Waals surface area contributed by atoms with E-state index in [9.17, 15) is 9.59 Å². The van der Waals surface area contributed by atoms with E-state index < -0.39 is 0 Å². The zero-order chi connectivity index (χ0) is 23.9. The van der Waals surface area contributed by atoms with Gasteiger partial charge in [-0.1, -0.05) is 13.2 Å². The van der Waals surface area contributed by atoms with Crippen LogP contribution < -0.4 is 10.6 Å². The molecule has 1 aromatic carbocycles. The number of hydrogen-bond acceptors (Lipinski definition) is 4. The highest BCUT2D eigenvalue weighted by Crippen LogP contribution is 2.28. The van der Waals surface area contributed by atoms with E-state index in [0.717, 1.165) is 25.7 Å². The Labute approximate surface area is 193 Å². The molecule has 1 aromatic rings. The molecule has 0 saturated heterocycles. The van der Waals surface area contributed by atoms with Crippen LogP contribution in [-0.2, 0) is 32.3 Å². The van der Waals surface area contributed by atoms with Gasteiger partial charge in [-0.3, -0.25) is 9.59 Å². The van der Waals surface area contributed by atoms with Gasteiger partial charge in [-0.25, -0.2) is 0 Å². The van der Waals surface area contributed by atoms with E-state index in [4.69, 9.17) is 9.47 Å². The highest BCUT2D eigenvalue weighted by atomic mass is 16.5. The number of nitrogens with one attached hydrogen (secondary N) is 2. The van der Waals surface area contributed by atoms with Gasteiger partial charge < -0.3 is 20.1 Å². The monoisotopic (exact) mass is 444 g/mol. The smallest absolute Gasteiger partial charge is 0.243 e. The third kappa shape index (κ3) is 9.37. The van der Waals surface area contributed by atoms with Crippen molar-refractivity contribution in [1.29, 1.82) is 0 Å². The molecular weight excluding hydrogens is 404 g/mol. The summed E-state index contributed by atoms with van der Waals surface area (Å²) in [6.07, 6.45) is 6.13. The normalized spacial score (nSPS) is 10.6. The minimum Gasteiger partial charge on any atom is -0.377 e. The summed E-state index contributed by atoms with van der Waals surface area (Å²) in [4.78, 5) is 22.2. The third-order valence-electron chi connectivity index (χ3n) is 5.83. The van der Waals surface area contributed by atoms with Crippen molar-refractivity contribution in [2.24, 2.45) is 0 Å². The van der Waals surface area contributed by atoms with E-state index in [1.165, 1.54) is 45.5 Å². The molecule has 0 aliphatic carbocycles. The first-order valence-corrected chi connectivity index (χ1v) is 11.4. The Morgan fingerprint density at radius 3 is 1.34 bits per heavy atom. The first-order valence-electron chi connectivity index (χ1n) is 11.4. The highest BCUT2D eigenvalue weighted by Gasteiger charge is 2.15. The maximum absolute atomic E-state index is 11.1. The maximum atomic E-state index is 11.1. The van der Waals surface area contributed by atoms with Crippen molar-refractivity contribution >= 4 is 11.8 Å². The molecule has 0 saturated carbocycles. The summed E-state index contributed by atoms with van der Waals surface area (Å²) in [5.41, 5.74) is 7.55. The average molecular weight is 445 g/mol. The minimum atomic E-state index is -0.135. The summed E-state index contributed by atoms with van der Waals surface area (Å²) in [6, 6.07) is 0. The third-order valence-corrected chi connectivity index (χ3v) is 5.83. The number of unbranched alkanes of at least 4 members (excludes halogenated alkanes) is 2. The van der Waals surface area contributed by atoms with Gasteiger partial charge >= 0.3 is 0 Å². The molecule has 2 N–H and O–H groups in total. The summed E-state index contributed by atoms with van der Waals surface area (Å²) in [5.74, 6) is -0.270. The fourth-order valence-electron chi connectivity index (χ4n) is 3.48. The van der Waals surface area contributed by atoms with Gasteiger partial charge in [0.25, 0.3) is 0 Å². The van der Waals surface area contributed by atoms with Crippen LogP contribution in [0.25, 0.3) is 0 Å². The van der Waals surface area contributed by atoms with Crippen molar-refractivity contribution in [1.82, 2.24) is 10.6 Å². The molecule has 0 bridgehead atoms. The van der Waals surface area contributed by atoms with Crippen molar-refractivity contribution < 1.29 is 19.1 Å². The summed E-state index contributed by atoms with van der Waals surface area (Å²) in [5, 5.41) is 5.55. The molecule has 0 aliphatic heterocycles. The largest absolute Gasteiger partial charge is 0.377 e. The predicted octanol–water partition coefficient (Wildman–Crippen LogP) is 4.12. The van der Waals surface area contributed by atoms with E-state index >= 15 is 0 Å². The van der Waals surface area contributed by atoms with E-state index in [1.807, 2.05) is 0 Å². The van der Waals surface area contributed by atoms with Gasteiger partial charge in [0.15, 0.2) is 0 Å². The number of rotatable bonds is 16. The first kappa shape index (κ1) is 27.6. The predicted molar refractivity (Wildman–Crippen MR) is 130 cm³/mol. The summed E-state index contributed by atoms with van der Waals surface area (Å²) >= 11 is 0. The Morgan fingerprint density at radius 1 is 0.688 bits per heavy atom. The van der Waals surface area contributed by atoms with Crippen LogP contribution in [-0.4, -0.2) is 38.1 Å². The van der Waals surface area contributed by atoms with Gasteiger partial charge in [0.2, 0.25) is 11.8 Å². The molecule has 32 heavy (non-hydrogen) atoms. The van der Waals surface area contributed by atoms with Crippen LogP contribution >= 0.6 is 0 Å². The van der Waals surface area contributed by atoms with Gasteiger partial charge in [-0.2, -0.15) is 0 Å². The Hall–Kier alpha value is -2.44. The topological polar surface area (TPSA) is 76.7 Å². The second-order valence-corrected chi connectivity index (χ2v) is 7.97. The Bertz CT molecular complexity index is 693. The molecule has 0 aromatic heterocycles. The van der Waals surface area contributed by atoms with Crippen molar-refractivity contribution in [2.75, 3.05) is 26.3 Å². The van der Waals surface area contributed by atoms with Crippen LogP contribution in [0.2, 0.25) is 0 Å². The highest BCUT2D eigenvalue weighted by molar-refractivity contribution is 5.87. The first-order chi connectivity index (χ1) is 15.3. The van der Waals surface area contributed by atoms with Gasteiger partial charge in [-0.05, 0) is 98.9 Å². The lowest BCUT2D eigenvalue weighted by Gasteiger charge is -2.21. The van der Waals surface area contributed by atoms with Crippen LogP contribution in [0.3, 0.4) is 0 Å². The van der Waals surface area contributed by atoms with E-state index in [2.05, 4.69) is 51.5 Å². The molecule has 0 aliphatic rings. The van der Waals surface area contributed by atoms with Gasteiger partial charge in [0.05, 0.1) is 13.2 Å². The molecule has 0 spiro atoms. The number of ether oxygens (including phenoxy) is 2. The van der Waals surface area contributed by atoms with Crippen LogP contribution in [0.1, 0.15) is 59.1 Å². The Kier molecular flexibility index (Phi) is 13.3. The number of benzene rings is 1. The lowest BCUT2D eigenvalue weighted by molar-refractivity contribution is -0.117. The lowest BCUT2D eigenvalue weighted by atomic mass is 9.89. The maximum Gasteiger partial charge on any atom is 0.243 e. The molecule has 0 atom stereocenters. The molecule has 0 radical (unpaired) electrons. The molecule has 6 nitrogen and oxygen atoms in total. The molecule has 178 valence electrons. The van der Waals surface area contributed by atoms with Crippen LogP contribution in [0.5, 0.6) is 0 Å². The van der Waals surface area contributed by atoms with Crippen LogP contribution in [0, 0.1) is 27.7 Å². The quantitative estimate of drug-likeness (QED) is 0.297. The Morgan fingerprint density at radius 2 is 1.03 bits per heavy atom. The minimum absolute atomic E-state index is 0.135. The summed E-state index contributed by atoms with van der Waals surface area (Å²) in [6.45, 7) is 19.3. The second kappa shape index (κ2) is 15.4. The molecule has 0 fully saturated rings. The van der Waals surface area contributed by atoms with Crippen molar-refractivity contribution in [2.45, 2.75) is 66.6 Å². The van der Waals surface area contributed by atoms with Crippen LogP contribution in [0.15, 0.2) is 25.3 Å². The molecule has 2 amide bonds. The summed E-state index contributed by atoms with van der Waals surface area (Å²) < 4.78 is 11.9. The van der Waals surface area contributed by atoms with Crippen LogP contribution in [0.4, 0.5) is 0 Å². The van der Waals surface area contributed by atoms with E-state index in [1.54, 1.807) is 0 Å². The van der Waals surface area contributed by atoms with Gasteiger partial charge in [0, 0.05) is 26.3 Å². The summed E-state index contributed by atoms with van der Waals surface area (Å²) in [7, 11) is 0. The molecule has 6 heteroatoms.